The topological polar surface area (TPSA) is 130 Å². The van der Waals surface area contributed by atoms with E-state index < -0.39 is 11.0 Å². The molecule has 0 radical (unpaired) electrons. The second kappa shape index (κ2) is 24.7. The number of hydrogen-bond acceptors (Lipinski definition) is 8. The summed E-state index contributed by atoms with van der Waals surface area (Å²) in [5, 5.41) is 21.0. The number of hydrogen-bond donors (Lipinski definition) is 1. The Morgan fingerprint density at radius 1 is 0.657 bits per heavy atom. The third kappa shape index (κ3) is 12.9. The quantitative estimate of drug-likeness (QED) is 0.0922. The van der Waals surface area contributed by atoms with Gasteiger partial charge in [-0.05, 0) is 107 Å². The predicted molar refractivity (Wildman–Crippen MR) is 275 cm³/mol. The largest absolute Gasteiger partial charge is 1.00 e. The van der Waals surface area contributed by atoms with Crippen molar-refractivity contribution in [2.45, 2.75) is 77.7 Å². The molecule has 0 fully saturated rings. The number of carbonyl (C=O) groups is 4. The molecule has 2 unspecified atom stereocenters. The molecule has 4 aliphatic rings. The molecule has 0 amide bonds. The summed E-state index contributed by atoms with van der Waals surface area (Å²) >= 11 is 3.32. The van der Waals surface area contributed by atoms with Crippen LogP contribution >= 0.6 is 15.9 Å². The Labute approximate surface area is 464 Å². The molecule has 0 heterocycles. The number of rotatable bonds is 8. The Balaban J connectivity index is 0.000000198. The maximum Gasteiger partial charge on any atom is 1.00 e. The van der Waals surface area contributed by atoms with Crippen LogP contribution in [0.5, 0.6) is 0 Å². The van der Waals surface area contributed by atoms with Crippen LogP contribution in [0.4, 0.5) is 0 Å². The Bertz CT molecular complexity index is 2790. The van der Waals surface area contributed by atoms with Gasteiger partial charge in [-0.25, -0.2) is 9.59 Å². The number of methoxy groups -OCH3 is 2. The molecule has 0 aromatic heterocycles. The van der Waals surface area contributed by atoms with Crippen LogP contribution in [0.3, 0.4) is 0 Å². The number of allylic oxidation sites excluding steroid dienone is 1. The molecule has 2 atom stereocenters. The van der Waals surface area contributed by atoms with Gasteiger partial charge in [0, 0.05) is 27.8 Å². The third-order valence-electron chi connectivity index (χ3n) is 13.3. The average Bonchev–Trinajstić information content (AvgIpc) is 4.13. The first kappa shape index (κ1) is 56.3. The molecule has 4 aliphatic carbocycles. The molecule has 0 aliphatic heterocycles. The molecule has 70 heavy (non-hydrogen) atoms. The van der Waals surface area contributed by atoms with Crippen LogP contribution in [0.2, 0.25) is 0 Å². The van der Waals surface area contributed by atoms with Gasteiger partial charge in [0.05, 0.1) is 37.4 Å². The van der Waals surface area contributed by atoms with Crippen LogP contribution in [-0.4, -0.2) is 55.0 Å². The van der Waals surface area contributed by atoms with E-state index in [9.17, 15) is 29.4 Å². The number of esters is 2. The number of aliphatic hydroxyl groups is 1. The summed E-state index contributed by atoms with van der Waals surface area (Å²) in [7, 11) is 2.75. The van der Waals surface area contributed by atoms with Gasteiger partial charge in [-0.15, -0.1) is 5.60 Å². The fourth-order valence-corrected chi connectivity index (χ4v) is 10.2. The SMILES string of the molecule is C.CC(C)(C)[O-].COC(=O)c1ccc(CBr)cc1.COC(=O)c1ccc(CC2(C3=Cc4ccccc4C3)Cc3ccccc3C2=O)cc1.O=C1c2ccccc2CC1C1(CO)Cc2ccccc2C1.[K+]. The van der Waals surface area contributed by atoms with Gasteiger partial charge in [0.25, 0.3) is 0 Å². The fourth-order valence-electron chi connectivity index (χ4n) is 9.86. The molecule has 0 bridgehead atoms. The van der Waals surface area contributed by atoms with E-state index in [1.807, 2.05) is 84.9 Å². The number of carbonyl (C=O) groups excluding carboxylic acids is 4. The summed E-state index contributed by atoms with van der Waals surface area (Å²) in [5.74, 6) is -0.320. The van der Waals surface area contributed by atoms with Crippen molar-refractivity contribution < 1.29 is 90.2 Å². The van der Waals surface area contributed by atoms with Crippen LogP contribution in [-0.2, 0) is 53.3 Å². The van der Waals surface area contributed by atoms with E-state index in [2.05, 4.69) is 63.1 Å². The Hall–Kier alpha value is -4.62. The van der Waals surface area contributed by atoms with E-state index in [0.717, 1.165) is 64.4 Å². The van der Waals surface area contributed by atoms with Crippen molar-refractivity contribution in [1.82, 2.24) is 0 Å². The summed E-state index contributed by atoms with van der Waals surface area (Å²) in [6.07, 6.45) is 6.72. The molecule has 6 aromatic rings. The number of alkyl halides is 1. The first-order chi connectivity index (χ1) is 32.6. The standard InChI is InChI=1S/C27H22O3.C19H18O2.C9H9BrO2.C4H9O.CH4.K/c1-30-26(29)19-12-10-18(11-13-19)16-27(17-22-8-4-5-9-24(22)25(27)28)23-14-20-6-2-3-7-21(20)15-23;20-12-19(10-14-6-1-2-7-15(14)11-19)17-9-13-5-3-4-8-16(13)18(17)21;1-12-9(11)8-4-2-7(6-10)3-5-8;1-4(2,3)5;;/h2-14H,15-17H2,1H3;1-8,17,20H,9-12H2;2-5H,6H2,1H3;1-3H3;1H4;/q;;;-1;;+1. The second-order valence-corrected chi connectivity index (χ2v) is 19.6. The minimum Gasteiger partial charge on any atom is -0.850 e. The zero-order valence-electron chi connectivity index (χ0n) is 40.4. The molecule has 0 saturated heterocycles. The number of ether oxygens (including phenoxy) is 2. The zero-order chi connectivity index (χ0) is 48.6. The van der Waals surface area contributed by atoms with Gasteiger partial charge in [0.2, 0.25) is 0 Å². The summed E-state index contributed by atoms with van der Waals surface area (Å²) in [4.78, 5) is 49.3. The van der Waals surface area contributed by atoms with E-state index >= 15 is 0 Å². The third-order valence-corrected chi connectivity index (χ3v) is 13.9. The van der Waals surface area contributed by atoms with Gasteiger partial charge in [0.1, 0.15) is 0 Å². The van der Waals surface area contributed by atoms with Gasteiger partial charge in [-0.1, -0.05) is 177 Å². The summed E-state index contributed by atoms with van der Waals surface area (Å²) < 4.78 is 9.36. The van der Waals surface area contributed by atoms with Crippen molar-refractivity contribution in [1.29, 1.82) is 0 Å². The van der Waals surface area contributed by atoms with Crippen molar-refractivity contribution in [3.05, 3.63) is 218 Å². The average molecular weight is 1030 g/mol. The fraction of sp³-hybridized carbons (Fsp3) is 0.300. The Kier molecular flexibility index (Phi) is 19.8. The van der Waals surface area contributed by atoms with E-state index in [1.54, 1.807) is 45.0 Å². The van der Waals surface area contributed by atoms with Gasteiger partial charge in [-0.2, -0.15) is 0 Å². The van der Waals surface area contributed by atoms with Crippen molar-refractivity contribution in [2.24, 2.45) is 16.7 Å². The molecule has 10 rings (SSSR count). The predicted octanol–water partition coefficient (Wildman–Crippen LogP) is 8.05. The first-order valence-electron chi connectivity index (χ1n) is 22.9. The molecule has 358 valence electrons. The first-order valence-corrected chi connectivity index (χ1v) is 24.1. The molecular formula is C60H62BrKO8. The molecule has 0 saturated carbocycles. The summed E-state index contributed by atoms with van der Waals surface area (Å²) in [6.45, 7) is 4.97. The molecule has 0 spiro atoms. The van der Waals surface area contributed by atoms with Crippen LogP contribution in [0.1, 0.15) is 114 Å². The normalized spacial score (nSPS) is 17.4. The number of ketones is 2. The van der Waals surface area contributed by atoms with Crippen molar-refractivity contribution in [2.75, 3.05) is 20.8 Å². The minimum atomic E-state index is -0.750. The number of fused-ring (bicyclic) bond motifs is 4. The summed E-state index contributed by atoms with van der Waals surface area (Å²) in [5.41, 5.74) is 11.8. The van der Waals surface area contributed by atoms with Gasteiger partial charge >= 0.3 is 63.3 Å². The van der Waals surface area contributed by atoms with Crippen molar-refractivity contribution in [3.63, 3.8) is 0 Å². The molecule has 1 N–H and O–H groups in total. The van der Waals surface area contributed by atoms with Crippen molar-refractivity contribution in [3.8, 4) is 0 Å². The van der Waals surface area contributed by atoms with Crippen molar-refractivity contribution >= 4 is 45.5 Å². The summed E-state index contributed by atoms with van der Waals surface area (Å²) in [6, 6.07) is 47.2. The molecule has 6 aromatic carbocycles. The molecular weight excluding hydrogens is 968 g/mol. The Morgan fingerprint density at radius 2 is 1.11 bits per heavy atom. The maximum absolute atomic E-state index is 13.8. The number of aliphatic hydroxyl groups excluding tert-OH is 1. The molecule has 8 nitrogen and oxygen atoms in total. The van der Waals surface area contributed by atoms with E-state index in [0.29, 0.717) is 24.0 Å². The zero-order valence-corrected chi connectivity index (χ0v) is 45.1. The minimum absolute atomic E-state index is 0. The van der Waals surface area contributed by atoms with Gasteiger partial charge in [-0.3, -0.25) is 9.59 Å². The Morgan fingerprint density at radius 3 is 1.59 bits per heavy atom. The van der Waals surface area contributed by atoms with Crippen LogP contribution in [0, 0.1) is 16.7 Å². The van der Waals surface area contributed by atoms with Crippen LogP contribution in [0.15, 0.2) is 151 Å². The second-order valence-electron chi connectivity index (χ2n) is 19.0. The monoisotopic (exact) mass is 1030 g/mol. The number of halogens is 1. The van der Waals surface area contributed by atoms with E-state index in [4.69, 9.17) is 4.74 Å². The molecule has 10 heteroatoms. The van der Waals surface area contributed by atoms with E-state index in [1.165, 1.54) is 42.0 Å². The van der Waals surface area contributed by atoms with Crippen LogP contribution < -0.4 is 56.5 Å². The van der Waals surface area contributed by atoms with Crippen LogP contribution in [0.25, 0.3) is 6.08 Å². The number of benzene rings is 6. The van der Waals surface area contributed by atoms with E-state index in [-0.39, 0.29) is 100 Å². The van der Waals surface area contributed by atoms with Gasteiger partial charge < -0.3 is 19.7 Å². The maximum atomic E-state index is 13.8. The smallest absolute Gasteiger partial charge is 0.850 e. The number of Topliss-reactive ketones (excluding diaryl/α,β-unsaturated/α-hetero) is 2. The van der Waals surface area contributed by atoms with Gasteiger partial charge in [0.15, 0.2) is 11.6 Å².